The molecule has 3 rings (SSSR count). The van der Waals surface area contributed by atoms with E-state index in [2.05, 4.69) is 20.1 Å². The van der Waals surface area contributed by atoms with Gasteiger partial charge < -0.3 is 47.4 Å². The molecule has 2 atom stereocenters. The summed E-state index contributed by atoms with van der Waals surface area (Å²) in [7, 11) is 5.99. The maximum atomic E-state index is 16.3. The average Bonchev–Trinajstić information content (AvgIpc) is 3.38. The fourth-order valence-electron chi connectivity index (χ4n) is 8.74. The summed E-state index contributed by atoms with van der Waals surface area (Å²) >= 11 is 0. The molecule has 2 unspecified atom stereocenters. The molecule has 72 heavy (non-hydrogen) atoms. The first-order chi connectivity index (χ1) is 34.4. The van der Waals surface area contributed by atoms with Crippen molar-refractivity contribution >= 4 is 35.8 Å². The van der Waals surface area contributed by atoms with E-state index >= 15 is 4.39 Å². The van der Waals surface area contributed by atoms with Crippen molar-refractivity contribution in [3.63, 3.8) is 0 Å². The third kappa shape index (κ3) is 16.4. The van der Waals surface area contributed by atoms with Crippen LogP contribution in [0.3, 0.4) is 0 Å². The molecule has 2 aromatic carbocycles. The number of hydrogen-bond acceptors (Lipinski definition) is 16. The number of rotatable bonds is 32. The molecule has 0 N–H and O–H groups in total. The molecule has 1 aliphatic rings. The van der Waals surface area contributed by atoms with E-state index in [1.165, 1.54) is 60.9 Å². The number of carbonyl (C=O) groups excluding carboxylic acids is 6. The van der Waals surface area contributed by atoms with Crippen LogP contribution in [0.5, 0.6) is 5.75 Å². The second-order valence-corrected chi connectivity index (χ2v) is 18.9. The minimum Gasteiger partial charge on any atom is -0.492 e. The lowest BCUT2D eigenvalue weighted by molar-refractivity contribution is -0.187. The van der Waals surface area contributed by atoms with Gasteiger partial charge in [-0.2, -0.15) is 0 Å². The highest BCUT2D eigenvalue weighted by molar-refractivity contribution is 6.01. The molecule has 1 aliphatic carbocycles. The Balaban J connectivity index is 2.15. The van der Waals surface area contributed by atoms with Crippen LogP contribution in [0.4, 0.5) is 4.39 Å². The van der Waals surface area contributed by atoms with Crippen molar-refractivity contribution in [2.75, 3.05) is 88.4 Å². The summed E-state index contributed by atoms with van der Waals surface area (Å²) in [5.74, 6) is -4.78. The Morgan fingerprint density at radius 2 is 1.18 bits per heavy atom. The van der Waals surface area contributed by atoms with Crippen molar-refractivity contribution in [3.05, 3.63) is 77.6 Å². The monoisotopic (exact) mass is 1010 g/mol. The molecule has 2 aromatic rings. The Kier molecular flexibility index (Phi) is 25.1. The highest BCUT2D eigenvalue weighted by atomic mass is 19.1. The number of ether oxygens (including phenoxy) is 10. The fraction of sp³-hybridized carbons (Fsp3) is 0.600. The van der Waals surface area contributed by atoms with Crippen LogP contribution in [-0.2, 0) is 77.8 Å². The minimum atomic E-state index is -2.13. The molecule has 0 radical (unpaired) electrons. The van der Waals surface area contributed by atoms with Gasteiger partial charge in [0.05, 0.1) is 40.6 Å². The fourth-order valence-corrected chi connectivity index (χ4v) is 8.74. The Morgan fingerprint density at radius 1 is 0.625 bits per heavy atom. The maximum absolute atomic E-state index is 16.3. The number of methoxy groups -OCH3 is 5. The highest BCUT2D eigenvalue weighted by Gasteiger charge is 2.52. The molecule has 0 heterocycles. The summed E-state index contributed by atoms with van der Waals surface area (Å²) in [5, 5.41) is 0. The van der Waals surface area contributed by atoms with Gasteiger partial charge in [-0.3, -0.25) is 19.2 Å². The van der Waals surface area contributed by atoms with E-state index in [0.717, 1.165) is 45.5 Å². The van der Waals surface area contributed by atoms with Crippen LogP contribution < -0.4 is 4.74 Å². The SMILES string of the molecule is C=C(C)C(=O)OCCCc1cc(-c2ccc(C3CCC(CCCCC)CC3)cc2F)ccc1OCC(COC(=O)C(=C)C)(COC(=O)C(CC)(COC)C(=O)OC)COC(=O)C(COC)(COC)C(=O)OC. The minimum absolute atomic E-state index is 0.00941. The number of halogens is 1. The smallest absolute Gasteiger partial charge is 0.333 e. The summed E-state index contributed by atoms with van der Waals surface area (Å²) in [6.07, 6.45) is 9.65. The van der Waals surface area contributed by atoms with Gasteiger partial charge in [0.1, 0.15) is 43.4 Å². The predicted octanol–water partition coefficient (Wildman–Crippen LogP) is 8.64. The van der Waals surface area contributed by atoms with E-state index in [4.69, 9.17) is 47.4 Å². The van der Waals surface area contributed by atoms with Crippen LogP contribution in [0.15, 0.2) is 60.7 Å². The lowest BCUT2D eigenvalue weighted by Crippen LogP contribution is -2.52. The summed E-state index contributed by atoms with van der Waals surface area (Å²) in [6, 6.07) is 10.5. The standard InChI is InChI=1S/C55H77FO16/c1-12-14-15-17-39-19-21-40(22-20-39)41-23-25-44(45(56)29-41)42-24-26-46(43(28-42)18-16-27-68-47(57)37(3)4)69-30-53(31-70-48(58)38(5)6,32-71-51(61)54(13-2,34-63-7)49(59)66-10)33-72-52(62)55(35-64-8,36-65-9)50(60)67-11/h23-26,28-29,39-40H,3,5,12-22,27,30-36H2,1-2,4,6-11H3. The van der Waals surface area contributed by atoms with Gasteiger partial charge in [0.25, 0.3) is 0 Å². The van der Waals surface area contributed by atoms with E-state index in [1.54, 1.807) is 37.3 Å². The maximum Gasteiger partial charge on any atom is 0.333 e. The first-order valence-corrected chi connectivity index (χ1v) is 24.6. The Hall–Kier alpha value is -5.65. The van der Waals surface area contributed by atoms with E-state index in [1.807, 2.05) is 6.07 Å². The Labute approximate surface area is 424 Å². The van der Waals surface area contributed by atoms with Crippen molar-refractivity contribution in [1.29, 1.82) is 0 Å². The summed E-state index contributed by atoms with van der Waals surface area (Å²) in [5.41, 5.74) is -3.22. The van der Waals surface area contributed by atoms with Crippen LogP contribution in [0.1, 0.15) is 109 Å². The van der Waals surface area contributed by atoms with E-state index < -0.39 is 98.3 Å². The Bertz CT molecular complexity index is 2160. The molecule has 16 nitrogen and oxygen atoms in total. The van der Waals surface area contributed by atoms with Crippen molar-refractivity contribution in [3.8, 4) is 16.9 Å². The lowest BCUT2D eigenvalue weighted by Gasteiger charge is -2.35. The third-order valence-corrected chi connectivity index (χ3v) is 13.2. The number of aryl methyl sites for hydroxylation is 1. The first-order valence-electron chi connectivity index (χ1n) is 24.6. The molecule has 0 spiro atoms. The quantitative estimate of drug-likeness (QED) is 0.0222. The van der Waals surface area contributed by atoms with Crippen molar-refractivity contribution < 1.29 is 80.5 Å². The molecular weight excluding hydrogens is 936 g/mol. The molecule has 0 aromatic heterocycles. The van der Waals surface area contributed by atoms with Gasteiger partial charge in [-0.05, 0) is 106 Å². The number of esters is 6. The van der Waals surface area contributed by atoms with E-state index in [0.29, 0.717) is 29.0 Å². The molecule has 17 heteroatoms. The number of unbranched alkanes of at least 4 members (excludes halogenated alkanes) is 2. The third-order valence-electron chi connectivity index (χ3n) is 13.2. The summed E-state index contributed by atoms with van der Waals surface area (Å²) in [6.45, 7) is 9.96. The van der Waals surface area contributed by atoms with E-state index in [9.17, 15) is 28.8 Å². The van der Waals surface area contributed by atoms with Gasteiger partial charge in [0.2, 0.25) is 5.41 Å². The molecule has 1 fully saturated rings. The lowest BCUT2D eigenvalue weighted by atomic mass is 9.77. The second-order valence-electron chi connectivity index (χ2n) is 18.9. The molecule has 0 bridgehead atoms. The van der Waals surface area contributed by atoms with Gasteiger partial charge >= 0.3 is 35.8 Å². The topological polar surface area (TPSA) is 195 Å². The molecule has 0 amide bonds. The molecule has 400 valence electrons. The normalized spacial score (nSPS) is 16.2. The molecular formula is C55H77FO16. The van der Waals surface area contributed by atoms with Gasteiger partial charge in [0.15, 0.2) is 5.41 Å². The molecule has 1 saturated carbocycles. The largest absolute Gasteiger partial charge is 0.492 e. The van der Waals surface area contributed by atoms with Crippen molar-refractivity contribution in [1.82, 2.24) is 0 Å². The second kappa shape index (κ2) is 29.8. The molecule has 0 aliphatic heterocycles. The van der Waals surface area contributed by atoms with Crippen LogP contribution in [0, 0.1) is 28.0 Å². The van der Waals surface area contributed by atoms with Crippen LogP contribution >= 0.6 is 0 Å². The zero-order chi connectivity index (χ0) is 53.5. The number of benzene rings is 2. The summed E-state index contributed by atoms with van der Waals surface area (Å²) < 4.78 is 71.3. The first kappa shape index (κ1) is 60.7. The predicted molar refractivity (Wildman–Crippen MR) is 265 cm³/mol. The van der Waals surface area contributed by atoms with Crippen LogP contribution in [0.2, 0.25) is 0 Å². The van der Waals surface area contributed by atoms with Gasteiger partial charge in [-0.25, -0.2) is 14.0 Å². The Morgan fingerprint density at radius 3 is 1.72 bits per heavy atom. The average molecular weight is 1010 g/mol. The highest BCUT2D eigenvalue weighted by Crippen LogP contribution is 2.40. The van der Waals surface area contributed by atoms with Crippen LogP contribution in [0.25, 0.3) is 11.1 Å². The number of carbonyl (C=O) groups is 6. The van der Waals surface area contributed by atoms with Gasteiger partial charge in [0, 0.05) is 38.0 Å². The van der Waals surface area contributed by atoms with Crippen molar-refractivity contribution in [2.45, 2.75) is 104 Å². The zero-order valence-electron chi connectivity index (χ0n) is 43.9. The number of hydrogen-bond donors (Lipinski definition) is 0. The van der Waals surface area contributed by atoms with Crippen molar-refractivity contribution in [2.24, 2.45) is 22.2 Å². The summed E-state index contributed by atoms with van der Waals surface area (Å²) in [4.78, 5) is 79.9. The molecule has 0 saturated heterocycles. The van der Waals surface area contributed by atoms with E-state index in [-0.39, 0.29) is 48.1 Å². The van der Waals surface area contributed by atoms with Crippen LogP contribution in [-0.4, -0.2) is 124 Å². The van der Waals surface area contributed by atoms with Gasteiger partial charge in [-0.15, -0.1) is 0 Å². The van der Waals surface area contributed by atoms with Gasteiger partial charge in [-0.1, -0.05) is 70.9 Å². The zero-order valence-corrected chi connectivity index (χ0v) is 43.9.